The number of rotatable bonds is 0. The fourth-order valence-electron chi connectivity index (χ4n) is 2.85. The number of fused-ring (bicyclic) bond motifs is 1. The third-order valence-electron chi connectivity index (χ3n) is 4.01. The number of hydrogen-bond donors (Lipinski definition) is 1. The Morgan fingerprint density at radius 1 is 1.07 bits per heavy atom. The highest BCUT2D eigenvalue weighted by atomic mass is 16.3. The summed E-state index contributed by atoms with van der Waals surface area (Å²) in [6, 6.07) is 0. The van der Waals surface area contributed by atoms with E-state index in [1.807, 2.05) is 0 Å². The number of ketones is 1. The van der Waals surface area contributed by atoms with Gasteiger partial charge in [0, 0.05) is 12.8 Å². The summed E-state index contributed by atoms with van der Waals surface area (Å²) in [6.45, 7) is 0. The van der Waals surface area contributed by atoms with Crippen LogP contribution in [0.4, 0.5) is 0 Å². The molecule has 0 aromatic rings. The van der Waals surface area contributed by atoms with Crippen molar-refractivity contribution in [3.05, 3.63) is 0 Å². The van der Waals surface area contributed by atoms with Crippen LogP contribution in [0.2, 0.25) is 0 Å². The lowest BCUT2D eigenvalue weighted by Gasteiger charge is -2.46. The van der Waals surface area contributed by atoms with E-state index in [0.29, 0.717) is 11.7 Å². The molecule has 0 amide bonds. The van der Waals surface area contributed by atoms with Crippen LogP contribution >= 0.6 is 0 Å². The van der Waals surface area contributed by atoms with Gasteiger partial charge in [0.25, 0.3) is 0 Å². The third-order valence-corrected chi connectivity index (χ3v) is 4.01. The van der Waals surface area contributed by atoms with Crippen molar-refractivity contribution in [3.8, 4) is 0 Å². The molecule has 0 heterocycles. The van der Waals surface area contributed by atoms with Gasteiger partial charge in [0.2, 0.25) is 0 Å². The van der Waals surface area contributed by atoms with Crippen molar-refractivity contribution in [1.29, 1.82) is 0 Å². The second kappa shape index (κ2) is 4.01. The Kier molecular flexibility index (Phi) is 2.91. The van der Waals surface area contributed by atoms with Crippen LogP contribution in [-0.2, 0) is 4.79 Å². The molecule has 0 unspecified atom stereocenters. The topological polar surface area (TPSA) is 37.3 Å². The van der Waals surface area contributed by atoms with Gasteiger partial charge in [0.15, 0.2) is 0 Å². The molecular formula is C12H20O2. The van der Waals surface area contributed by atoms with Crippen molar-refractivity contribution in [1.82, 2.24) is 0 Å². The Hall–Kier alpha value is -0.370. The summed E-state index contributed by atoms with van der Waals surface area (Å²) in [6.07, 6.45) is 8.62. The third kappa shape index (κ3) is 2.00. The van der Waals surface area contributed by atoms with E-state index in [2.05, 4.69) is 0 Å². The highest BCUT2D eigenvalue weighted by molar-refractivity contribution is 5.78. The van der Waals surface area contributed by atoms with E-state index in [-0.39, 0.29) is 5.60 Å². The maximum atomic E-state index is 11.3. The van der Waals surface area contributed by atoms with Gasteiger partial charge in [-0.05, 0) is 44.4 Å². The molecule has 0 bridgehead atoms. The summed E-state index contributed by atoms with van der Waals surface area (Å²) in [4.78, 5) is 11.3. The molecule has 0 aromatic carbocycles. The van der Waals surface area contributed by atoms with Gasteiger partial charge in [-0.2, -0.15) is 0 Å². The lowest BCUT2D eigenvalue weighted by atomic mass is 9.64. The average molecular weight is 196 g/mol. The monoisotopic (exact) mass is 196 g/mol. The van der Waals surface area contributed by atoms with Gasteiger partial charge in [-0.3, -0.25) is 4.79 Å². The van der Waals surface area contributed by atoms with Gasteiger partial charge >= 0.3 is 0 Å². The number of Topliss-reactive ketones (excluding diaryl/α,β-unsaturated/α-hetero) is 1. The molecule has 80 valence electrons. The van der Waals surface area contributed by atoms with Crippen LogP contribution in [-0.4, -0.2) is 16.5 Å². The molecule has 14 heavy (non-hydrogen) atoms. The van der Waals surface area contributed by atoms with E-state index in [4.69, 9.17) is 0 Å². The van der Waals surface area contributed by atoms with Crippen molar-refractivity contribution in [2.75, 3.05) is 0 Å². The molecule has 2 rings (SSSR count). The molecule has 1 N–H and O–H groups in total. The largest absolute Gasteiger partial charge is 0.390 e. The molecule has 2 heteroatoms. The second-order valence-corrected chi connectivity index (χ2v) is 4.98. The number of aliphatic hydroxyl groups is 1. The zero-order valence-electron chi connectivity index (χ0n) is 8.80. The summed E-state index contributed by atoms with van der Waals surface area (Å²) < 4.78 is 0. The van der Waals surface area contributed by atoms with Gasteiger partial charge in [0.05, 0.1) is 5.60 Å². The van der Waals surface area contributed by atoms with Gasteiger partial charge in [-0.15, -0.1) is 0 Å². The minimum Gasteiger partial charge on any atom is -0.390 e. The Morgan fingerprint density at radius 2 is 1.86 bits per heavy atom. The zero-order valence-corrected chi connectivity index (χ0v) is 8.80. The summed E-state index contributed by atoms with van der Waals surface area (Å²) in [5.74, 6) is 0.920. The van der Waals surface area contributed by atoms with Gasteiger partial charge < -0.3 is 5.11 Å². The summed E-state index contributed by atoms with van der Waals surface area (Å²) in [5.41, 5.74) is -0.347. The van der Waals surface area contributed by atoms with E-state index in [1.165, 1.54) is 6.42 Å². The van der Waals surface area contributed by atoms with Crippen LogP contribution < -0.4 is 0 Å². The highest BCUT2D eigenvalue weighted by Gasteiger charge is 2.43. The van der Waals surface area contributed by atoms with Crippen LogP contribution in [0.1, 0.15) is 57.8 Å². The second-order valence-electron chi connectivity index (χ2n) is 4.98. The van der Waals surface area contributed by atoms with Crippen LogP contribution in [0.25, 0.3) is 0 Å². The van der Waals surface area contributed by atoms with Gasteiger partial charge in [-0.1, -0.05) is 6.42 Å². The first-order valence-electron chi connectivity index (χ1n) is 5.95. The molecule has 2 atom stereocenters. The average Bonchev–Trinajstić information content (AvgIpc) is 2.16. The molecule has 0 aromatic heterocycles. The number of carbonyl (C=O) groups excluding carboxylic acids is 1. The number of carbonyl (C=O) groups is 1. The molecule has 0 radical (unpaired) electrons. The molecule has 2 nitrogen and oxygen atoms in total. The van der Waals surface area contributed by atoms with Gasteiger partial charge in [0.1, 0.15) is 5.78 Å². The molecule has 2 fully saturated rings. The molecule has 2 aliphatic rings. The Morgan fingerprint density at radius 3 is 2.57 bits per heavy atom. The maximum Gasteiger partial charge on any atom is 0.132 e. The summed E-state index contributed by atoms with van der Waals surface area (Å²) >= 11 is 0. The maximum absolute atomic E-state index is 11.3. The predicted octanol–water partition coefficient (Wildman–Crippen LogP) is 2.44. The minimum atomic E-state index is -0.347. The van der Waals surface area contributed by atoms with Crippen LogP contribution in [0, 0.1) is 5.92 Å². The predicted molar refractivity (Wildman–Crippen MR) is 55.0 cm³/mol. The molecule has 2 saturated carbocycles. The van der Waals surface area contributed by atoms with Crippen LogP contribution in [0.3, 0.4) is 0 Å². The molecule has 0 saturated heterocycles. The quantitative estimate of drug-likeness (QED) is 0.646. The van der Waals surface area contributed by atoms with Crippen molar-refractivity contribution in [2.45, 2.75) is 63.4 Å². The fraction of sp³-hybridized carbons (Fsp3) is 0.917. The van der Waals surface area contributed by atoms with Crippen molar-refractivity contribution >= 4 is 5.78 Å². The van der Waals surface area contributed by atoms with Crippen molar-refractivity contribution in [2.24, 2.45) is 5.92 Å². The fourth-order valence-corrected chi connectivity index (χ4v) is 2.85. The lowest BCUT2D eigenvalue weighted by Crippen LogP contribution is -2.47. The van der Waals surface area contributed by atoms with E-state index in [0.717, 1.165) is 51.4 Å². The molecular weight excluding hydrogens is 176 g/mol. The van der Waals surface area contributed by atoms with E-state index >= 15 is 0 Å². The van der Waals surface area contributed by atoms with Crippen LogP contribution in [0.5, 0.6) is 0 Å². The smallest absolute Gasteiger partial charge is 0.132 e. The standard InChI is InChI=1S/C12H20O2/c13-11-5-1-2-8-12(14)9-7-10(12)4-3-6-11/h10,14H,1-9H2/t10-,12+/m0/s1. The summed E-state index contributed by atoms with van der Waals surface area (Å²) in [5, 5.41) is 10.2. The molecule has 0 spiro atoms. The Bertz CT molecular complexity index is 224. The SMILES string of the molecule is O=C1CCCC[C@@]2(O)CC[C@@H]2CCC1. The van der Waals surface area contributed by atoms with Crippen LogP contribution in [0.15, 0.2) is 0 Å². The van der Waals surface area contributed by atoms with E-state index in [9.17, 15) is 9.90 Å². The first-order chi connectivity index (χ1) is 6.71. The lowest BCUT2D eigenvalue weighted by molar-refractivity contribution is -0.123. The minimum absolute atomic E-state index is 0.347. The molecule has 2 aliphatic carbocycles. The van der Waals surface area contributed by atoms with E-state index in [1.54, 1.807) is 0 Å². The summed E-state index contributed by atoms with van der Waals surface area (Å²) in [7, 11) is 0. The Labute approximate surface area is 85.7 Å². The first-order valence-corrected chi connectivity index (χ1v) is 5.95. The molecule has 0 aliphatic heterocycles. The number of hydrogen-bond acceptors (Lipinski definition) is 2. The zero-order chi connectivity index (χ0) is 10.0. The van der Waals surface area contributed by atoms with E-state index < -0.39 is 0 Å². The van der Waals surface area contributed by atoms with Gasteiger partial charge in [-0.25, -0.2) is 0 Å². The van der Waals surface area contributed by atoms with Crippen molar-refractivity contribution < 1.29 is 9.90 Å². The normalized spacial score (nSPS) is 39.8. The van der Waals surface area contributed by atoms with Crippen molar-refractivity contribution in [3.63, 3.8) is 0 Å². The Balaban J connectivity index is 1.91. The highest BCUT2D eigenvalue weighted by Crippen LogP contribution is 2.45. The first kappa shape index (κ1) is 10.2.